The van der Waals surface area contributed by atoms with Crippen molar-refractivity contribution in [1.29, 1.82) is 0 Å². The molecule has 0 aromatic heterocycles. The van der Waals surface area contributed by atoms with Crippen LogP contribution in [0.1, 0.15) is 19.8 Å². The number of piperidine rings is 1. The largest absolute Gasteiger partial charge is 0.390 e. The van der Waals surface area contributed by atoms with Gasteiger partial charge in [0.25, 0.3) is 0 Å². The minimum absolute atomic E-state index is 0. The molecule has 3 nitrogen and oxygen atoms in total. The van der Waals surface area contributed by atoms with E-state index in [-0.39, 0.29) is 30.9 Å². The molecule has 2 aliphatic rings. The normalized spacial score (nSPS) is 33.2. The first-order valence-corrected chi connectivity index (χ1v) is 5.40. The van der Waals surface area contributed by atoms with E-state index in [9.17, 15) is 5.11 Å². The van der Waals surface area contributed by atoms with Crippen LogP contribution in [0.4, 0.5) is 0 Å². The lowest BCUT2D eigenvalue weighted by molar-refractivity contribution is 0.0609. The van der Waals surface area contributed by atoms with E-state index in [2.05, 4.69) is 17.1 Å². The average molecular weight is 257 g/mol. The minimum Gasteiger partial charge on any atom is -0.390 e. The van der Waals surface area contributed by atoms with Crippen molar-refractivity contribution in [3.8, 4) is 0 Å². The van der Waals surface area contributed by atoms with Gasteiger partial charge in [-0.1, -0.05) is 6.92 Å². The molecular weight excluding hydrogens is 235 g/mol. The van der Waals surface area contributed by atoms with Crippen molar-refractivity contribution in [2.45, 2.75) is 31.9 Å². The number of likely N-dealkylation sites (tertiary alicyclic amines) is 1. The topological polar surface area (TPSA) is 35.5 Å². The monoisotopic (exact) mass is 256 g/mol. The third kappa shape index (κ3) is 3.75. The second-order valence-corrected chi connectivity index (χ2v) is 4.51. The zero-order chi connectivity index (χ0) is 9.26. The first-order chi connectivity index (χ1) is 6.27. The van der Waals surface area contributed by atoms with E-state index < -0.39 is 0 Å². The summed E-state index contributed by atoms with van der Waals surface area (Å²) < 4.78 is 0. The van der Waals surface area contributed by atoms with Crippen LogP contribution in [0.3, 0.4) is 0 Å². The number of β-amino-alcohol motifs (C(OH)–C–C–N with tert-alkyl or cyclic N) is 1. The highest BCUT2D eigenvalue weighted by Crippen LogP contribution is 2.20. The molecule has 15 heavy (non-hydrogen) atoms. The molecule has 0 aliphatic carbocycles. The molecule has 2 aliphatic heterocycles. The predicted molar refractivity (Wildman–Crippen MR) is 67.1 cm³/mol. The Bertz CT molecular complexity index is 175. The van der Waals surface area contributed by atoms with Gasteiger partial charge in [0.15, 0.2) is 0 Å². The Hall–Kier alpha value is 0.460. The molecule has 92 valence electrons. The number of rotatable bonds is 1. The molecule has 0 aromatic carbocycles. The van der Waals surface area contributed by atoms with Crippen LogP contribution >= 0.6 is 24.8 Å². The van der Waals surface area contributed by atoms with Crippen molar-refractivity contribution in [3.63, 3.8) is 0 Å². The number of nitrogens with zero attached hydrogens (tertiary/aromatic N) is 1. The standard InChI is InChI=1S/C10H20N2O.2ClH/c1-8-2-4-12(5-3-8)9-6-11-7-10(9)13;;/h8-11,13H,2-7H2,1H3;2*1H. The summed E-state index contributed by atoms with van der Waals surface area (Å²) in [4.78, 5) is 2.45. The van der Waals surface area contributed by atoms with Crippen LogP contribution in [0.5, 0.6) is 0 Å². The van der Waals surface area contributed by atoms with Crippen LogP contribution in [0, 0.1) is 5.92 Å². The lowest BCUT2D eigenvalue weighted by atomic mass is 9.97. The second kappa shape index (κ2) is 6.92. The molecule has 5 heteroatoms. The van der Waals surface area contributed by atoms with E-state index in [1.807, 2.05) is 0 Å². The molecule has 0 bridgehead atoms. The molecule has 2 fully saturated rings. The summed E-state index contributed by atoms with van der Waals surface area (Å²) in [6, 6.07) is 0.382. The van der Waals surface area contributed by atoms with Crippen LogP contribution in [-0.4, -0.2) is 48.3 Å². The highest BCUT2D eigenvalue weighted by molar-refractivity contribution is 5.85. The summed E-state index contributed by atoms with van der Waals surface area (Å²) in [6.07, 6.45) is 2.44. The maximum atomic E-state index is 9.70. The molecule has 0 spiro atoms. The first-order valence-electron chi connectivity index (χ1n) is 5.40. The van der Waals surface area contributed by atoms with E-state index in [4.69, 9.17) is 0 Å². The van der Waals surface area contributed by atoms with Crippen molar-refractivity contribution in [1.82, 2.24) is 10.2 Å². The Kier molecular flexibility index (Phi) is 7.13. The Balaban J connectivity index is 0.000000980. The van der Waals surface area contributed by atoms with Crippen molar-refractivity contribution < 1.29 is 5.11 Å². The van der Waals surface area contributed by atoms with Crippen LogP contribution < -0.4 is 5.32 Å². The van der Waals surface area contributed by atoms with Gasteiger partial charge in [-0.05, 0) is 31.8 Å². The molecule has 0 saturated carbocycles. The van der Waals surface area contributed by atoms with Gasteiger partial charge in [-0.25, -0.2) is 0 Å². The molecule has 2 atom stereocenters. The minimum atomic E-state index is -0.145. The van der Waals surface area contributed by atoms with Gasteiger partial charge in [-0.15, -0.1) is 24.8 Å². The summed E-state index contributed by atoms with van der Waals surface area (Å²) in [5.41, 5.74) is 0. The number of halogens is 2. The number of nitrogens with one attached hydrogen (secondary N) is 1. The van der Waals surface area contributed by atoms with Crippen LogP contribution in [0.15, 0.2) is 0 Å². The number of hydrogen-bond donors (Lipinski definition) is 2. The van der Waals surface area contributed by atoms with Gasteiger partial charge >= 0.3 is 0 Å². The fraction of sp³-hybridized carbons (Fsp3) is 1.00. The van der Waals surface area contributed by atoms with Gasteiger partial charge in [0.1, 0.15) is 0 Å². The van der Waals surface area contributed by atoms with Crippen molar-refractivity contribution in [3.05, 3.63) is 0 Å². The van der Waals surface area contributed by atoms with Crippen LogP contribution in [0.2, 0.25) is 0 Å². The summed E-state index contributed by atoms with van der Waals surface area (Å²) in [5, 5.41) is 12.9. The lowest BCUT2D eigenvalue weighted by Crippen LogP contribution is -2.46. The maximum absolute atomic E-state index is 9.70. The third-order valence-electron chi connectivity index (χ3n) is 3.44. The van der Waals surface area contributed by atoms with Crippen molar-refractivity contribution >= 4 is 24.8 Å². The summed E-state index contributed by atoms with van der Waals surface area (Å²) in [7, 11) is 0. The molecule has 2 rings (SSSR count). The predicted octanol–water partition coefficient (Wildman–Crippen LogP) is 0.895. The molecule has 2 unspecified atom stereocenters. The Morgan fingerprint density at radius 2 is 1.73 bits per heavy atom. The second-order valence-electron chi connectivity index (χ2n) is 4.51. The fourth-order valence-electron chi connectivity index (χ4n) is 2.38. The van der Waals surface area contributed by atoms with Crippen molar-refractivity contribution in [2.75, 3.05) is 26.2 Å². The van der Waals surface area contributed by atoms with E-state index in [1.165, 1.54) is 25.9 Å². The van der Waals surface area contributed by atoms with Crippen LogP contribution in [0.25, 0.3) is 0 Å². The fourth-order valence-corrected chi connectivity index (χ4v) is 2.38. The van der Waals surface area contributed by atoms with Gasteiger partial charge < -0.3 is 10.4 Å². The number of aliphatic hydroxyl groups excluding tert-OH is 1. The summed E-state index contributed by atoms with van der Waals surface area (Å²) >= 11 is 0. The Labute approximate surface area is 104 Å². The van der Waals surface area contributed by atoms with Gasteiger partial charge in [-0.3, -0.25) is 4.90 Å². The average Bonchev–Trinajstić information content (AvgIpc) is 2.53. The van der Waals surface area contributed by atoms with Gasteiger partial charge in [0.2, 0.25) is 0 Å². The first kappa shape index (κ1) is 15.5. The van der Waals surface area contributed by atoms with Gasteiger partial charge in [-0.2, -0.15) is 0 Å². The highest BCUT2D eigenvalue weighted by Gasteiger charge is 2.31. The smallest absolute Gasteiger partial charge is 0.0831 e. The van der Waals surface area contributed by atoms with E-state index in [0.29, 0.717) is 6.04 Å². The molecule has 2 N–H and O–H groups in total. The van der Waals surface area contributed by atoms with E-state index >= 15 is 0 Å². The van der Waals surface area contributed by atoms with Gasteiger partial charge in [0, 0.05) is 19.1 Å². The SMILES string of the molecule is CC1CCN(C2CNCC2O)CC1.Cl.Cl. The molecule has 2 heterocycles. The molecule has 2 saturated heterocycles. The van der Waals surface area contributed by atoms with Gasteiger partial charge in [0.05, 0.1) is 6.10 Å². The molecule has 0 amide bonds. The zero-order valence-electron chi connectivity index (χ0n) is 9.19. The Morgan fingerprint density at radius 3 is 2.20 bits per heavy atom. The van der Waals surface area contributed by atoms with E-state index in [1.54, 1.807) is 0 Å². The number of hydrogen-bond acceptors (Lipinski definition) is 3. The summed E-state index contributed by atoms with van der Waals surface area (Å²) in [6.45, 7) is 6.40. The zero-order valence-corrected chi connectivity index (χ0v) is 10.8. The molecule has 0 aromatic rings. The number of aliphatic hydroxyl groups is 1. The van der Waals surface area contributed by atoms with Crippen LogP contribution in [-0.2, 0) is 0 Å². The van der Waals surface area contributed by atoms with Crippen molar-refractivity contribution in [2.24, 2.45) is 5.92 Å². The maximum Gasteiger partial charge on any atom is 0.0831 e. The highest BCUT2D eigenvalue weighted by atomic mass is 35.5. The Morgan fingerprint density at radius 1 is 1.13 bits per heavy atom. The molecular formula is C10H22Cl2N2O. The quantitative estimate of drug-likeness (QED) is 0.732. The van der Waals surface area contributed by atoms with E-state index in [0.717, 1.165) is 19.0 Å². The molecule has 0 radical (unpaired) electrons. The lowest BCUT2D eigenvalue weighted by Gasteiger charge is -2.35. The third-order valence-corrected chi connectivity index (χ3v) is 3.44. The summed E-state index contributed by atoms with van der Waals surface area (Å²) in [5.74, 6) is 0.878.